The van der Waals surface area contributed by atoms with Crippen molar-refractivity contribution < 1.29 is 0 Å². The highest BCUT2D eigenvalue weighted by Gasteiger charge is 2.10. The first-order valence-electron chi connectivity index (χ1n) is 7.74. The van der Waals surface area contributed by atoms with Crippen molar-refractivity contribution in [3.63, 3.8) is 0 Å². The van der Waals surface area contributed by atoms with Crippen molar-refractivity contribution in [2.24, 2.45) is 0 Å². The highest BCUT2D eigenvalue weighted by atomic mass is 35.5. The summed E-state index contributed by atoms with van der Waals surface area (Å²) in [6, 6.07) is 8.62. The zero-order chi connectivity index (χ0) is 14.5. The van der Waals surface area contributed by atoms with E-state index in [9.17, 15) is 0 Å². The lowest BCUT2D eigenvalue weighted by Gasteiger charge is -2.26. The molecule has 0 aromatic heterocycles. The molecule has 1 aliphatic rings. The smallest absolute Gasteiger partial charge is 0.0474 e. The summed E-state index contributed by atoms with van der Waals surface area (Å²) < 4.78 is 0. The molecule has 110 valence electrons. The third-order valence-corrected chi connectivity index (χ3v) is 3.31. The fraction of sp³-hybridized carbons (Fsp3) is 0.647. The van der Waals surface area contributed by atoms with Gasteiger partial charge < -0.3 is 0 Å². The molecule has 1 nitrogen and oxygen atoms in total. The first-order chi connectivity index (χ1) is 9.38. The number of hydrogen-bond donors (Lipinski definition) is 0. The van der Waals surface area contributed by atoms with E-state index >= 15 is 0 Å². The predicted octanol–water partition coefficient (Wildman–Crippen LogP) is 5.46. The fourth-order valence-corrected chi connectivity index (χ4v) is 2.35. The van der Waals surface area contributed by atoms with E-state index in [-0.39, 0.29) is 0 Å². The highest BCUT2D eigenvalue weighted by molar-refractivity contribution is 6.17. The van der Waals surface area contributed by atoms with Crippen LogP contribution < -0.4 is 0 Å². The number of rotatable bonds is 3. The maximum atomic E-state index is 5.83. The fourth-order valence-electron chi connectivity index (χ4n) is 2.19. The van der Waals surface area contributed by atoms with Crippen LogP contribution in [0.15, 0.2) is 24.3 Å². The van der Waals surface area contributed by atoms with E-state index in [4.69, 9.17) is 11.6 Å². The van der Waals surface area contributed by atoms with Gasteiger partial charge in [0.2, 0.25) is 0 Å². The molecular weight excluding hydrogens is 254 g/mol. The van der Waals surface area contributed by atoms with Crippen LogP contribution in [0.1, 0.15) is 58.1 Å². The molecular formula is C17H30ClN. The number of alkyl halides is 1. The zero-order valence-corrected chi connectivity index (χ0v) is 13.8. The third-order valence-electron chi connectivity index (χ3n) is 3.00. The Balaban J connectivity index is 0.000000741. The Morgan fingerprint density at radius 2 is 1.53 bits per heavy atom. The normalized spacial score (nSPS) is 14.8. The Kier molecular flexibility index (Phi) is 12.2. The second-order valence-corrected chi connectivity index (χ2v) is 4.56. The molecule has 1 heterocycles. The maximum Gasteiger partial charge on any atom is 0.0474 e. The van der Waals surface area contributed by atoms with Crippen molar-refractivity contribution >= 4 is 11.6 Å². The van der Waals surface area contributed by atoms with Crippen molar-refractivity contribution in [1.29, 1.82) is 0 Å². The minimum Gasteiger partial charge on any atom is -0.299 e. The number of nitrogens with zero attached hydrogens (tertiary/aromatic N) is 1. The van der Waals surface area contributed by atoms with Gasteiger partial charge in [0, 0.05) is 12.4 Å². The summed E-state index contributed by atoms with van der Waals surface area (Å²) in [7, 11) is 0. The van der Waals surface area contributed by atoms with Crippen LogP contribution in [-0.2, 0) is 12.4 Å². The van der Waals surface area contributed by atoms with Crippen LogP contribution in [0.25, 0.3) is 0 Å². The van der Waals surface area contributed by atoms with Crippen LogP contribution in [0, 0.1) is 0 Å². The summed E-state index contributed by atoms with van der Waals surface area (Å²) in [4.78, 5) is 2.54. The Hall–Kier alpha value is -0.530. The third kappa shape index (κ3) is 7.59. The Bertz CT molecular complexity index is 306. The SMILES string of the molecule is CC.CC.ClCc1cccc(CN2CCCCC2)c1. The molecule has 2 heteroatoms. The second kappa shape index (κ2) is 12.5. The summed E-state index contributed by atoms with van der Waals surface area (Å²) in [5.41, 5.74) is 2.63. The van der Waals surface area contributed by atoms with Gasteiger partial charge >= 0.3 is 0 Å². The Morgan fingerprint density at radius 1 is 0.947 bits per heavy atom. The minimum atomic E-state index is 0.619. The lowest BCUT2D eigenvalue weighted by atomic mass is 10.1. The van der Waals surface area contributed by atoms with Crippen LogP contribution in [0.5, 0.6) is 0 Å². The zero-order valence-electron chi connectivity index (χ0n) is 13.1. The van der Waals surface area contributed by atoms with Crippen LogP contribution in [0.2, 0.25) is 0 Å². The van der Waals surface area contributed by atoms with E-state index in [1.54, 1.807) is 0 Å². The summed E-state index contributed by atoms with van der Waals surface area (Å²) >= 11 is 5.83. The van der Waals surface area contributed by atoms with E-state index < -0.39 is 0 Å². The molecule has 0 N–H and O–H groups in total. The first kappa shape index (κ1) is 18.5. The molecule has 1 aromatic carbocycles. The maximum absolute atomic E-state index is 5.83. The molecule has 0 saturated carbocycles. The summed E-state index contributed by atoms with van der Waals surface area (Å²) in [6.45, 7) is 11.6. The van der Waals surface area contributed by atoms with Crippen molar-refractivity contribution in [3.8, 4) is 0 Å². The van der Waals surface area contributed by atoms with Crippen molar-refractivity contribution in [2.45, 2.75) is 59.4 Å². The van der Waals surface area contributed by atoms with Gasteiger partial charge in [0.25, 0.3) is 0 Å². The first-order valence-corrected chi connectivity index (χ1v) is 8.28. The highest BCUT2D eigenvalue weighted by Crippen LogP contribution is 2.14. The standard InChI is InChI=1S/C13H18ClN.2C2H6/c14-10-12-5-4-6-13(9-12)11-15-7-2-1-3-8-15;2*1-2/h4-6,9H,1-3,7-8,10-11H2;2*1-2H3. The molecule has 0 unspecified atom stereocenters. The van der Waals surface area contributed by atoms with Crippen molar-refractivity contribution in [1.82, 2.24) is 4.90 Å². The van der Waals surface area contributed by atoms with Gasteiger partial charge in [0.1, 0.15) is 0 Å². The van der Waals surface area contributed by atoms with Gasteiger partial charge in [0.05, 0.1) is 0 Å². The molecule has 0 atom stereocenters. The van der Waals surface area contributed by atoms with Gasteiger partial charge in [-0.05, 0) is 37.1 Å². The average Bonchev–Trinajstić information content (AvgIpc) is 2.52. The number of benzene rings is 1. The number of likely N-dealkylation sites (tertiary alicyclic amines) is 1. The van der Waals surface area contributed by atoms with E-state index in [1.165, 1.54) is 43.5 Å². The number of piperidine rings is 1. The molecule has 0 amide bonds. The van der Waals surface area contributed by atoms with Crippen LogP contribution in [0.4, 0.5) is 0 Å². The monoisotopic (exact) mass is 283 g/mol. The van der Waals surface area contributed by atoms with E-state index in [2.05, 4.69) is 29.2 Å². The molecule has 2 rings (SSSR count). The summed E-state index contributed by atoms with van der Waals surface area (Å²) in [5, 5.41) is 0. The van der Waals surface area contributed by atoms with Crippen LogP contribution in [0.3, 0.4) is 0 Å². The number of halogens is 1. The molecule has 0 aliphatic carbocycles. The Morgan fingerprint density at radius 3 is 2.11 bits per heavy atom. The second-order valence-electron chi connectivity index (χ2n) is 4.29. The van der Waals surface area contributed by atoms with Crippen LogP contribution >= 0.6 is 11.6 Å². The lowest BCUT2D eigenvalue weighted by molar-refractivity contribution is 0.221. The molecule has 19 heavy (non-hydrogen) atoms. The lowest BCUT2D eigenvalue weighted by Crippen LogP contribution is -2.29. The topological polar surface area (TPSA) is 3.24 Å². The summed E-state index contributed by atoms with van der Waals surface area (Å²) in [6.07, 6.45) is 4.11. The molecule has 0 radical (unpaired) electrons. The van der Waals surface area contributed by atoms with Crippen molar-refractivity contribution in [2.75, 3.05) is 13.1 Å². The van der Waals surface area contributed by atoms with Gasteiger partial charge in [-0.3, -0.25) is 4.90 Å². The van der Waals surface area contributed by atoms with E-state index in [1.807, 2.05) is 27.7 Å². The van der Waals surface area contributed by atoms with E-state index in [0.29, 0.717) is 5.88 Å². The van der Waals surface area contributed by atoms with E-state index in [0.717, 1.165) is 6.54 Å². The van der Waals surface area contributed by atoms with Gasteiger partial charge in [-0.15, -0.1) is 11.6 Å². The van der Waals surface area contributed by atoms with Gasteiger partial charge in [0.15, 0.2) is 0 Å². The molecule has 1 fully saturated rings. The van der Waals surface area contributed by atoms with Gasteiger partial charge in [-0.1, -0.05) is 58.4 Å². The molecule has 1 aromatic rings. The predicted molar refractivity (Wildman–Crippen MR) is 87.8 cm³/mol. The average molecular weight is 284 g/mol. The number of hydrogen-bond acceptors (Lipinski definition) is 1. The molecule has 0 spiro atoms. The van der Waals surface area contributed by atoms with Gasteiger partial charge in [-0.2, -0.15) is 0 Å². The quantitative estimate of drug-likeness (QED) is 0.666. The molecule has 1 saturated heterocycles. The van der Waals surface area contributed by atoms with Gasteiger partial charge in [-0.25, -0.2) is 0 Å². The molecule has 1 aliphatic heterocycles. The van der Waals surface area contributed by atoms with Crippen molar-refractivity contribution in [3.05, 3.63) is 35.4 Å². The minimum absolute atomic E-state index is 0.619. The largest absolute Gasteiger partial charge is 0.299 e. The molecule has 0 bridgehead atoms. The summed E-state index contributed by atoms with van der Waals surface area (Å²) in [5.74, 6) is 0.619. The van der Waals surface area contributed by atoms with Crippen LogP contribution in [-0.4, -0.2) is 18.0 Å². The Labute approximate surface area is 125 Å².